The Labute approximate surface area is 159 Å². The van der Waals surface area contributed by atoms with Crippen molar-refractivity contribution in [3.63, 3.8) is 0 Å². The highest BCUT2D eigenvalue weighted by Gasteiger charge is 2.28. The molecule has 0 bridgehead atoms. The smallest absolute Gasteiger partial charge is 0.224 e. The van der Waals surface area contributed by atoms with E-state index in [9.17, 15) is 4.79 Å². The Balaban J connectivity index is 1.42. The number of halogens is 1. The van der Waals surface area contributed by atoms with Crippen LogP contribution in [0.5, 0.6) is 0 Å². The predicted molar refractivity (Wildman–Crippen MR) is 103 cm³/mol. The molecular weight excluding hydrogens is 394 g/mol. The van der Waals surface area contributed by atoms with Gasteiger partial charge in [0.15, 0.2) is 5.82 Å². The van der Waals surface area contributed by atoms with Crippen LogP contribution in [-0.4, -0.2) is 26.1 Å². The van der Waals surface area contributed by atoms with Crippen LogP contribution in [0.4, 0.5) is 5.69 Å². The highest BCUT2D eigenvalue weighted by Crippen LogP contribution is 2.36. The summed E-state index contributed by atoms with van der Waals surface area (Å²) in [6.07, 6.45) is 3.36. The first kappa shape index (κ1) is 16.9. The van der Waals surface area contributed by atoms with Gasteiger partial charge in [-0.25, -0.2) is 4.68 Å². The standard InChI is InChI=1S/C19H18BrN5O/c20-15-5-1-3-13(11-15)7-10-18(26)21-16-6-2-4-14(12-16)19-22-23-24-25(19)17-8-9-17/h1-6,11-12,17H,7-10H2,(H,21,26). The maximum absolute atomic E-state index is 12.3. The second kappa shape index (κ2) is 7.37. The van der Waals surface area contributed by atoms with Crippen molar-refractivity contribution in [1.29, 1.82) is 0 Å². The third-order valence-corrected chi connectivity index (χ3v) is 4.81. The fourth-order valence-corrected chi connectivity index (χ4v) is 3.31. The van der Waals surface area contributed by atoms with Crippen molar-refractivity contribution < 1.29 is 4.79 Å². The highest BCUT2D eigenvalue weighted by molar-refractivity contribution is 9.10. The zero-order chi connectivity index (χ0) is 17.9. The van der Waals surface area contributed by atoms with Crippen LogP contribution in [-0.2, 0) is 11.2 Å². The lowest BCUT2D eigenvalue weighted by molar-refractivity contribution is -0.116. The molecule has 6 nitrogen and oxygen atoms in total. The average Bonchev–Trinajstić information content (AvgIpc) is 3.37. The first-order chi connectivity index (χ1) is 12.7. The summed E-state index contributed by atoms with van der Waals surface area (Å²) in [5.74, 6) is 0.738. The zero-order valence-corrected chi connectivity index (χ0v) is 15.7. The van der Waals surface area contributed by atoms with Gasteiger partial charge in [0.05, 0.1) is 6.04 Å². The van der Waals surface area contributed by atoms with Gasteiger partial charge in [0.25, 0.3) is 0 Å². The number of nitrogens with one attached hydrogen (secondary N) is 1. The topological polar surface area (TPSA) is 72.7 Å². The second-order valence-electron chi connectivity index (χ2n) is 6.44. The number of aryl methyl sites for hydroxylation is 1. The fraction of sp³-hybridized carbons (Fsp3) is 0.263. The Morgan fingerprint density at radius 3 is 2.85 bits per heavy atom. The highest BCUT2D eigenvalue weighted by atomic mass is 79.9. The molecule has 132 valence electrons. The van der Waals surface area contributed by atoms with Gasteiger partial charge in [-0.2, -0.15) is 0 Å². The number of nitrogens with zero attached hydrogens (tertiary/aromatic N) is 4. The van der Waals surface area contributed by atoms with E-state index in [1.165, 1.54) is 0 Å². The minimum Gasteiger partial charge on any atom is -0.326 e. The molecule has 7 heteroatoms. The lowest BCUT2D eigenvalue weighted by Gasteiger charge is -2.08. The van der Waals surface area contributed by atoms with Crippen LogP contribution >= 0.6 is 15.9 Å². The monoisotopic (exact) mass is 411 g/mol. The molecule has 0 unspecified atom stereocenters. The van der Waals surface area contributed by atoms with Gasteiger partial charge in [-0.1, -0.05) is 40.2 Å². The van der Waals surface area contributed by atoms with Gasteiger partial charge in [-0.3, -0.25) is 4.79 Å². The van der Waals surface area contributed by atoms with E-state index in [4.69, 9.17) is 0 Å². The number of carbonyl (C=O) groups excluding carboxylic acids is 1. The Kier molecular flexibility index (Phi) is 4.79. The van der Waals surface area contributed by atoms with Crippen molar-refractivity contribution in [2.75, 3.05) is 5.32 Å². The van der Waals surface area contributed by atoms with E-state index in [0.29, 0.717) is 18.9 Å². The molecule has 0 spiro atoms. The SMILES string of the molecule is O=C(CCc1cccc(Br)c1)Nc1cccc(-c2nnnn2C2CC2)c1. The van der Waals surface area contributed by atoms with E-state index in [2.05, 4.69) is 36.8 Å². The lowest BCUT2D eigenvalue weighted by Crippen LogP contribution is -2.12. The van der Waals surface area contributed by atoms with Crippen LogP contribution < -0.4 is 5.32 Å². The van der Waals surface area contributed by atoms with E-state index in [0.717, 1.165) is 40.0 Å². The van der Waals surface area contributed by atoms with E-state index in [-0.39, 0.29) is 5.91 Å². The molecule has 1 fully saturated rings. The molecule has 1 aliphatic carbocycles. The average molecular weight is 412 g/mol. The molecule has 1 amide bonds. The van der Waals surface area contributed by atoms with Gasteiger partial charge < -0.3 is 5.32 Å². The number of anilines is 1. The minimum atomic E-state index is -0.0103. The Bertz CT molecular complexity index is 935. The summed E-state index contributed by atoms with van der Waals surface area (Å²) >= 11 is 3.45. The predicted octanol–water partition coefficient (Wildman–Crippen LogP) is 4.01. The molecule has 3 aromatic rings. The second-order valence-corrected chi connectivity index (χ2v) is 7.35. The van der Waals surface area contributed by atoms with Gasteiger partial charge >= 0.3 is 0 Å². The fourth-order valence-electron chi connectivity index (χ4n) is 2.86. The molecule has 2 aromatic carbocycles. The quantitative estimate of drug-likeness (QED) is 0.664. The third kappa shape index (κ3) is 3.99. The molecule has 4 rings (SSSR count). The summed E-state index contributed by atoms with van der Waals surface area (Å²) in [5.41, 5.74) is 2.80. The number of hydrogen-bond donors (Lipinski definition) is 1. The maximum Gasteiger partial charge on any atom is 0.224 e. The van der Waals surface area contributed by atoms with Crippen LogP contribution in [0.1, 0.15) is 30.9 Å². The van der Waals surface area contributed by atoms with Crippen LogP contribution in [0.25, 0.3) is 11.4 Å². The van der Waals surface area contributed by atoms with Crippen LogP contribution in [0.15, 0.2) is 53.0 Å². The first-order valence-electron chi connectivity index (χ1n) is 8.61. The number of tetrazole rings is 1. The number of carbonyl (C=O) groups is 1. The molecule has 1 aliphatic rings. The molecule has 1 N–H and O–H groups in total. The van der Waals surface area contributed by atoms with Crippen LogP contribution in [0.3, 0.4) is 0 Å². The van der Waals surface area contributed by atoms with Crippen molar-refractivity contribution in [2.24, 2.45) is 0 Å². The third-order valence-electron chi connectivity index (χ3n) is 4.32. The van der Waals surface area contributed by atoms with Crippen LogP contribution in [0.2, 0.25) is 0 Å². The van der Waals surface area contributed by atoms with Gasteiger partial charge in [0.2, 0.25) is 5.91 Å². The van der Waals surface area contributed by atoms with Crippen molar-refractivity contribution in [2.45, 2.75) is 31.7 Å². The van der Waals surface area contributed by atoms with Gasteiger partial charge in [0, 0.05) is 22.1 Å². The largest absolute Gasteiger partial charge is 0.326 e. The summed E-state index contributed by atoms with van der Waals surface area (Å²) < 4.78 is 2.89. The summed E-state index contributed by atoms with van der Waals surface area (Å²) in [6, 6.07) is 16.1. The Hall–Kier alpha value is -2.54. The number of amides is 1. The number of rotatable bonds is 6. The van der Waals surface area contributed by atoms with Crippen molar-refractivity contribution in [1.82, 2.24) is 20.2 Å². The van der Waals surface area contributed by atoms with E-state index in [1.807, 2.05) is 53.2 Å². The molecule has 0 atom stereocenters. The summed E-state index contributed by atoms with van der Waals surface area (Å²) in [4.78, 5) is 12.3. The molecule has 26 heavy (non-hydrogen) atoms. The molecular formula is C19H18BrN5O. The van der Waals surface area contributed by atoms with Crippen LogP contribution in [0, 0.1) is 0 Å². The molecule has 0 saturated heterocycles. The first-order valence-corrected chi connectivity index (χ1v) is 9.41. The van der Waals surface area contributed by atoms with Gasteiger partial charge in [-0.05, 0) is 59.5 Å². The lowest BCUT2D eigenvalue weighted by atomic mass is 10.1. The molecule has 1 saturated carbocycles. The Morgan fingerprint density at radius 2 is 2.04 bits per heavy atom. The van der Waals surface area contributed by atoms with Crippen molar-refractivity contribution in [3.8, 4) is 11.4 Å². The summed E-state index contributed by atoms with van der Waals surface area (Å²) in [5, 5.41) is 15.0. The van der Waals surface area contributed by atoms with E-state index < -0.39 is 0 Å². The molecule has 0 aliphatic heterocycles. The van der Waals surface area contributed by atoms with E-state index in [1.54, 1.807) is 0 Å². The van der Waals surface area contributed by atoms with Gasteiger partial charge in [-0.15, -0.1) is 5.10 Å². The maximum atomic E-state index is 12.3. The van der Waals surface area contributed by atoms with Gasteiger partial charge in [0.1, 0.15) is 0 Å². The number of benzene rings is 2. The molecule has 0 radical (unpaired) electrons. The minimum absolute atomic E-state index is 0.0103. The number of hydrogen-bond acceptors (Lipinski definition) is 4. The summed E-state index contributed by atoms with van der Waals surface area (Å²) in [7, 11) is 0. The van der Waals surface area contributed by atoms with E-state index >= 15 is 0 Å². The zero-order valence-electron chi connectivity index (χ0n) is 14.1. The van der Waals surface area contributed by atoms with Crippen molar-refractivity contribution in [3.05, 3.63) is 58.6 Å². The van der Waals surface area contributed by atoms with Crippen molar-refractivity contribution >= 4 is 27.5 Å². The molecule has 1 aromatic heterocycles. The molecule has 1 heterocycles. The Morgan fingerprint density at radius 1 is 1.19 bits per heavy atom. The summed E-state index contributed by atoms with van der Waals surface area (Å²) in [6.45, 7) is 0. The number of aromatic nitrogens is 4. The normalized spacial score (nSPS) is 13.6.